The van der Waals surface area contributed by atoms with Crippen molar-refractivity contribution in [2.45, 2.75) is 45.3 Å². The summed E-state index contributed by atoms with van der Waals surface area (Å²) in [4.78, 5) is 36.1. The molecule has 0 aromatic heterocycles. The Morgan fingerprint density at radius 1 is 0.935 bits per heavy atom. The Hall–Kier alpha value is -3.55. The van der Waals surface area contributed by atoms with Crippen molar-refractivity contribution in [1.29, 1.82) is 0 Å². The molecular weight excluding hydrogens is 400 g/mol. The molecule has 166 valence electrons. The van der Waals surface area contributed by atoms with Gasteiger partial charge in [0.1, 0.15) is 23.1 Å². The van der Waals surface area contributed by atoms with Crippen LogP contribution < -0.4 is 15.4 Å². The minimum atomic E-state index is -0.993. The van der Waals surface area contributed by atoms with Crippen LogP contribution in [0.4, 0.5) is 10.5 Å². The van der Waals surface area contributed by atoms with Gasteiger partial charge < -0.3 is 24.8 Å². The third-order valence-corrected chi connectivity index (χ3v) is 3.95. The summed E-state index contributed by atoms with van der Waals surface area (Å²) in [6, 6.07) is 15.3. The van der Waals surface area contributed by atoms with Gasteiger partial charge in [0, 0.05) is 12.1 Å². The molecule has 2 aromatic carbocycles. The third-order valence-electron chi connectivity index (χ3n) is 3.95. The molecule has 31 heavy (non-hydrogen) atoms. The Kier molecular flexibility index (Phi) is 8.43. The van der Waals surface area contributed by atoms with E-state index < -0.39 is 23.7 Å². The maximum Gasteiger partial charge on any atom is 0.408 e. The first-order valence-corrected chi connectivity index (χ1v) is 9.86. The minimum absolute atomic E-state index is 0.00215. The number of carbonyl (C=O) groups excluding carboxylic acids is 3. The fourth-order valence-corrected chi connectivity index (χ4v) is 2.57. The number of rotatable bonds is 8. The molecule has 0 aliphatic rings. The summed E-state index contributed by atoms with van der Waals surface area (Å²) < 4.78 is 15.6. The van der Waals surface area contributed by atoms with E-state index in [1.807, 2.05) is 30.3 Å². The van der Waals surface area contributed by atoms with Crippen molar-refractivity contribution in [3.05, 3.63) is 54.6 Å². The molecule has 1 unspecified atom stereocenters. The summed E-state index contributed by atoms with van der Waals surface area (Å²) in [5.74, 6) is 0.389. The van der Waals surface area contributed by atoms with Crippen LogP contribution in [0.25, 0.3) is 0 Å². The van der Waals surface area contributed by atoms with E-state index in [4.69, 9.17) is 14.2 Å². The molecule has 0 aliphatic heterocycles. The lowest BCUT2D eigenvalue weighted by molar-refractivity contribution is -0.143. The summed E-state index contributed by atoms with van der Waals surface area (Å²) in [7, 11) is 1.21. The van der Waals surface area contributed by atoms with Gasteiger partial charge in [0.2, 0.25) is 5.91 Å². The zero-order valence-electron chi connectivity index (χ0n) is 18.1. The van der Waals surface area contributed by atoms with Gasteiger partial charge in [0.25, 0.3) is 0 Å². The van der Waals surface area contributed by atoms with E-state index in [1.54, 1.807) is 45.0 Å². The normalized spacial score (nSPS) is 11.7. The van der Waals surface area contributed by atoms with Gasteiger partial charge in [0.05, 0.1) is 7.11 Å². The number of amides is 2. The Balaban J connectivity index is 1.86. The van der Waals surface area contributed by atoms with Crippen LogP contribution >= 0.6 is 0 Å². The summed E-state index contributed by atoms with van der Waals surface area (Å²) in [6.45, 7) is 5.13. The molecule has 8 heteroatoms. The summed E-state index contributed by atoms with van der Waals surface area (Å²) in [6.07, 6.45) is -0.692. The van der Waals surface area contributed by atoms with E-state index in [0.717, 1.165) is 0 Å². The number of alkyl carbamates (subject to hydrolysis) is 1. The van der Waals surface area contributed by atoms with Gasteiger partial charge in [-0.15, -0.1) is 0 Å². The van der Waals surface area contributed by atoms with Crippen molar-refractivity contribution in [2.24, 2.45) is 0 Å². The molecule has 0 saturated heterocycles. The van der Waals surface area contributed by atoms with Gasteiger partial charge in [-0.1, -0.05) is 18.2 Å². The number of esters is 1. The van der Waals surface area contributed by atoms with Crippen LogP contribution in [0.1, 0.15) is 33.6 Å². The van der Waals surface area contributed by atoms with E-state index in [0.29, 0.717) is 17.2 Å². The van der Waals surface area contributed by atoms with Gasteiger partial charge in [-0.05, 0) is 63.6 Å². The van der Waals surface area contributed by atoms with E-state index in [2.05, 4.69) is 10.6 Å². The van der Waals surface area contributed by atoms with Crippen LogP contribution in [-0.2, 0) is 19.1 Å². The van der Waals surface area contributed by atoms with Crippen molar-refractivity contribution in [3.8, 4) is 11.5 Å². The number of hydrogen-bond acceptors (Lipinski definition) is 6. The van der Waals surface area contributed by atoms with Gasteiger partial charge in [-0.25, -0.2) is 9.59 Å². The van der Waals surface area contributed by atoms with Gasteiger partial charge in [0.15, 0.2) is 0 Å². The second kappa shape index (κ2) is 11.0. The number of carbonyl (C=O) groups is 3. The molecule has 0 saturated carbocycles. The maximum absolute atomic E-state index is 12.3. The van der Waals surface area contributed by atoms with Crippen molar-refractivity contribution >= 4 is 23.7 Å². The highest BCUT2D eigenvalue weighted by atomic mass is 16.6. The first-order chi connectivity index (χ1) is 14.7. The van der Waals surface area contributed by atoms with E-state index in [1.165, 1.54) is 7.11 Å². The first-order valence-electron chi connectivity index (χ1n) is 9.86. The lowest BCUT2D eigenvalue weighted by Gasteiger charge is -2.22. The number of ether oxygens (including phenoxy) is 3. The molecule has 0 spiro atoms. The van der Waals surface area contributed by atoms with Crippen LogP contribution in [0.15, 0.2) is 54.6 Å². The molecule has 0 fully saturated rings. The van der Waals surface area contributed by atoms with E-state index in [-0.39, 0.29) is 18.7 Å². The molecule has 0 radical (unpaired) electrons. The molecule has 0 heterocycles. The molecule has 2 amide bonds. The monoisotopic (exact) mass is 428 g/mol. The standard InChI is InChI=1S/C23H28N2O6/c1-23(2,3)31-22(28)25-19(21(27)29-4)14-15-20(26)24-16-10-12-18(13-11-16)30-17-8-6-5-7-9-17/h5-13,19H,14-15H2,1-4H3,(H,24,26)(H,25,28). The van der Waals surface area contributed by atoms with Crippen molar-refractivity contribution in [2.75, 3.05) is 12.4 Å². The molecule has 2 N–H and O–H groups in total. The fraction of sp³-hybridized carbons (Fsp3) is 0.348. The molecule has 2 aromatic rings. The number of nitrogens with one attached hydrogen (secondary N) is 2. The SMILES string of the molecule is COC(=O)C(CCC(=O)Nc1ccc(Oc2ccccc2)cc1)NC(=O)OC(C)(C)C. The number of para-hydroxylation sites is 1. The Morgan fingerprint density at radius 2 is 1.55 bits per heavy atom. The van der Waals surface area contributed by atoms with Crippen LogP contribution in [0.3, 0.4) is 0 Å². The van der Waals surface area contributed by atoms with Crippen molar-refractivity contribution in [3.63, 3.8) is 0 Å². The Bertz CT molecular complexity index is 875. The lowest BCUT2D eigenvalue weighted by atomic mass is 10.1. The Morgan fingerprint density at radius 3 is 2.13 bits per heavy atom. The smallest absolute Gasteiger partial charge is 0.408 e. The highest BCUT2D eigenvalue weighted by Gasteiger charge is 2.25. The summed E-state index contributed by atoms with van der Waals surface area (Å²) in [5, 5.41) is 5.19. The zero-order chi connectivity index (χ0) is 22.9. The highest BCUT2D eigenvalue weighted by Crippen LogP contribution is 2.22. The number of hydrogen-bond donors (Lipinski definition) is 2. The number of anilines is 1. The molecular formula is C23H28N2O6. The zero-order valence-corrected chi connectivity index (χ0v) is 18.1. The lowest BCUT2D eigenvalue weighted by Crippen LogP contribution is -2.44. The number of benzene rings is 2. The molecule has 0 aliphatic carbocycles. The molecule has 1 atom stereocenters. The minimum Gasteiger partial charge on any atom is -0.467 e. The topological polar surface area (TPSA) is 103 Å². The second-order valence-corrected chi connectivity index (χ2v) is 7.75. The van der Waals surface area contributed by atoms with Crippen molar-refractivity contribution in [1.82, 2.24) is 5.32 Å². The largest absolute Gasteiger partial charge is 0.467 e. The average Bonchev–Trinajstić information content (AvgIpc) is 2.71. The highest BCUT2D eigenvalue weighted by molar-refractivity contribution is 5.91. The van der Waals surface area contributed by atoms with Crippen LogP contribution in [0.5, 0.6) is 11.5 Å². The molecule has 0 bridgehead atoms. The summed E-state index contributed by atoms with van der Waals surface area (Å²) in [5.41, 5.74) is -0.126. The van der Waals surface area contributed by atoms with Gasteiger partial charge in [-0.2, -0.15) is 0 Å². The van der Waals surface area contributed by atoms with Gasteiger partial charge >= 0.3 is 12.1 Å². The molecule has 8 nitrogen and oxygen atoms in total. The third kappa shape index (κ3) is 8.77. The maximum atomic E-state index is 12.3. The van der Waals surface area contributed by atoms with Crippen LogP contribution in [0, 0.1) is 0 Å². The second-order valence-electron chi connectivity index (χ2n) is 7.75. The molecule has 2 rings (SSSR count). The van der Waals surface area contributed by atoms with Gasteiger partial charge in [-0.3, -0.25) is 4.79 Å². The average molecular weight is 428 g/mol. The predicted octanol–water partition coefficient (Wildman–Crippen LogP) is 4.26. The van der Waals surface area contributed by atoms with E-state index >= 15 is 0 Å². The fourth-order valence-electron chi connectivity index (χ4n) is 2.57. The van der Waals surface area contributed by atoms with Crippen LogP contribution in [-0.4, -0.2) is 36.7 Å². The van der Waals surface area contributed by atoms with Crippen molar-refractivity contribution < 1.29 is 28.6 Å². The quantitative estimate of drug-likeness (QED) is 0.609. The number of methoxy groups -OCH3 is 1. The Labute approximate surface area is 181 Å². The summed E-state index contributed by atoms with van der Waals surface area (Å²) >= 11 is 0. The first kappa shape index (κ1) is 23.7. The predicted molar refractivity (Wildman–Crippen MR) is 116 cm³/mol. The van der Waals surface area contributed by atoms with E-state index in [9.17, 15) is 14.4 Å². The van der Waals surface area contributed by atoms with Crippen LogP contribution in [0.2, 0.25) is 0 Å².